The number of methoxy groups -OCH3 is 1. The number of anilines is 1. The molecule has 2 aromatic carbocycles. The summed E-state index contributed by atoms with van der Waals surface area (Å²) >= 11 is 5.99. The van der Waals surface area contributed by atoms with E-state index in [-0.39, 0.29) is 35.6 Å². The second kappa shape index (κ2) is 7.85. The van der Waals surface area contributed by atoms with Crippen LogP contribution in [0.15, 0.2) is 36.4 Å². The van der Waals surface area contributed by atoms with Gasteiger partial charge in [0, 0.05) is 17.3 Å². The lowest BCUT2D eigenvalue weighted by atomic mass is 10.1. The SMILES string of the molecule is COc1ccc(Cl)cc1C(=O)Nc1ccc2c(c1)C(=O)N(C[C@H]1CCCO1)C2=O. The minimum Gasteiger partial charge on any atom is -0.496 e. The van der Waals surface area contributed by atoms with Gasteiger partial charge in [0.15, 0.2) is 0 Å². The second-order valence-corrected chi connectivity index (χ2v) is 7.35. The molecule has 0 bridgehead atoms. The fraction of sp³-hybridized carbons (Fsp3) is 0.286. The molecule has 2 heterocycles. The van der Waals surface area contributed by atoms with E-state index in [1.165, 1.54) is 24.1 Å². The van der Waals surface area contributed by atoms with E-state index < -0.39 is 5.91 Å². The van der Waals surface area contributed by atoms with Gasteiger partial charge in [-0.25, -0.2) is 0 Å². The number of carbonyl (C=O) groups excluding carboxylic acids is 3. The number of rotatable bonds is 5. The molecule has 1 saturated heterocycles. The summed E-state index contributed by atoms with van der Waals surface area (Å²) in [5, 5.41) is 3.13. The van der Waals surface area contributed by atoms with Gasteiger partial charge in [0.2, 0.25) is 0 Å². The summed E-state index contributed by atoms with van der Waals surface area (Å²) in [6, 6.07) is 9.39. The van der Waals surface area contributed by atoms with Gasteiger partial charge in [-0.2, -0.15) is 0 Å². The highest BCUT2D eigenvalue weighted by molar-refractivity contribution is 6.31. The Balaban J connectivity index is 1.55. The maximum absolute atomic E-state index is 12.7. The molecule has 0 aliphatic carbocycles. The molecule has 2 aromatic rings. The summed E-state index contributed by atoms with van der Waals surface area (Å²) < 4.78 is 10.7. The largest absolute Gasteiger partial charge is 0.496 e. The van der Waals surface area contributed by atoms with Crippen LogP contribution in [0.3, 0.4) is 0 Å². The van der Waals surface area contributed by atoms with E-state index >= 15 is 0 Å². The van der Waals surface area contributed by atoms with Crippen LogP contribution in [0.5, 0.6) is 5.75 Å². The predicted molar refractivity (Wildman–Crippen MR) is 107 cm³/mol. The van der Waals surface area contributed by atoms with Crippen LogP contribution < -0.4 is 10.1 Å². The number of carbonyl (C=O) groups is 3. The summed E-state index contributed by atoms with van der Waals surface area (Å²) in [4.78, 5) is 39.2. The summed E-state index contributed by atoms with van der Waals surface area (Å²) in [6.45, 7) is 0.894. The van der Waals surface area contributed by atoms with Crippen LogP contribution in [-0.4, -0.2) is 49.0 Å². The molecule has 0 radical (unpaired) electrons. The molecule has 150 valence electrons. The molecular formula is C21H19ClN2O5. The third-order valence-corrected chi connectivity index (χ3v) is 5.28. The Labute approximate surface area is 172 Å². The summed E-state index contributed by atoms with van der Waals surface area (Å²) in [7, 11) is 1.46. The van der Waals surface area contributed by atoms with Crippen molar-refractivity contribution in [2.75, 3.05) is 25.6 Å². The fourth-order valence-electron chi connectivity index (χ4n) is 3.58. The molecule has 1 N–H and O–H groups in total. The Bertz CT molecular complexity index is 1000. The molecule has 0 unspecified atom stereocenters. The van der Waals surface area contributed by atoms with E-state index in [4.69, 9.17) is 21.1 Å². The van der Waals surface area contributed by atoms with Crippen LogP contribution in [0.1, 0.15) is 43.9 Å². The normalized spacial score (nSPS) is 18.1. The molecular weight excluding hydrogens is 396 g/mol. The summed E-state index contributed by atoms with van der Waals surface area (Å²) in [5.74, 6) is -0.772. The van der Waals surface area contributed by atoms with Gasteiger partial charge < -0.3 is 14.8 Å². The Hall–Kier alpha value is -2.90. The van der Waals surface area contributed by atoms with Gasteiger partial charge in [0.25, 0.3) is 17.7 Å². The van der Waals surface area contributed by atoms with E-state index in [1.807, 2.05) is 0 Å². The molecule has 7 nitrogen and oxygen atoms in total. The highest BCUT2D eigenvalue weighted by Crippen LogP contribution is 2.29. The number of halogens is 1. The monoisotopic (exact) mass is 414 g/mol. The van der Waals surface area contributed by atoms with Gasteiger partial charge >= 0.3 is 0 Å². The molecule has 4 rings (SSSR count). The van der Waals surface area contributed by atoms with Crippen molar-refractivity contribution in [3.8, 4) is 5.75 Å². The third kappa shape index (κ3) is 3.71. The van der Waals surface area contributed by atoms with Crippen molar-refractivity contribution in [1.82, 2.24) is 4.90 Å². The van der Waals surface area contributed by atoms with E-state index in [0.29, 0.717) is 28.6 Å². The minimum absolute atomic E-state index is 0.119. The molecule has 1 fully saturated rings. The van der Waals surface area contributed by atoms with Gasteiger partial charge in [0.1, 0.15) is 5.75 Å². The minimum atomic E-state index is -0.433. The highest BCUT2D eigenvalue weighted by Gasteiger charge is 2.37. The molecule has 1 atom stereocenters. The maximum atomic E-state index is 12.7. The molecule has 0 spiro atoms. The second-order valence-electron chi connectivity index (χ2n) is 6.92. The van der Waals surface area contributed by atoms with E-state index in [1.54, 1.807) is 24.3 Å². The number of fused-ring (bicyclic) bond motifs is 1. The zero-order valence-electron chi connectivity index (χ0n) is 15.7. The zero-order chi connectivity index (χ0) is 20.5. The van der Waals surface area contributed by atoms with Crippen molar-refractivity contribution in [2.45, 2.75) is 18.9 Å². The molecule has 3 amide bonds. The van der Waals surface area contributed by atoms with Crippen LogP contribution in [0, 0.1) is 0 Å². The first-order valence-electron chi connectivity index (χ1n) is 9.24. The number of nitrogens with one attached hydrogen (secondary N) is 1. The van der Waals surface area contributed by atoms with Gasteiger partial charge in [-0.15, -0.1) is 0 Å². The van der Waals surface area contributed by atoms with Crippen molar-refractivity contribution in [3.63, 3.8) is 0 Å². The summed E-state index contributed by atoms with van der Waals surface area (Å²) in [6.07, 6.45) is 1.64. The van der Waals surface area contributed by atoms with Gasteiger partial charge in [-0.1, -0.05) is 11.6 Å². The van der Waals surface area contributed by atoms with Crippen molar-refractivity contribution >= 4 is 35.0 Å². The van der Waals surface area contributed by atoms with Crippen molar-refractivity contribution in [1.29, 1.82) is 0 Å². The number of hydrogen-bond acceptors (Lipinski definition) is 5. The average Bonchev–Trinajstić information content (AvgIpc) is 3.31. The fourth-order valence-corrected chi connectivity index (χ4v) is 3.75. The molecule has 2 aliphatic heterocycles. The van der Waals surface area contributed by atoms with Crippen LogP contribution in [0.25, 0.3) is 0 Å². The van der Waals surface area contributed by atoms with Crippen LogP contribution in [0.2, 0.25) is 5.02 Å². The van der Waals surface area contributed by atoms with Crippen LogP contribution in [-0.2, 0) is 4.74 Å². The Morgan fingerprint density at radius 3 is 2.72 bits per heavy atom. The highest BCUT2D eigenvalue weighted by atomic mass is 35.5. The first-order chi connectivity index (χ1) is 14.0. The number of hydrogen-bond donors (Lipinski definition) is 1. The summed E-state index contributed by atoms with van der Waals surface area (Å²) in [5.41, 5.74) is 1.26. The number of imide groups is 1. The number of ether oxygens (including phenoxy) is 2. The van der Waals surface area contributed by atoms with Gasteiger partial charge in [-0.3, -0.25) is 19.3 Å². The lowest BCUT2D eigenvalue weighted by molar-refractivity contribution is 0.0475. The van der Waals surface area contributed by atoms with Crippen molar-refractivity contribution in [2.24, 2.45) is 0 Å². The first-order valence-corrected chi connectivity index (χ1v) is 9.62. The number of amides is 3. The molecule has 2 aliphatic rings. The molecule has 0 aromatic heterocycles. The number of benzene rings is 2. The molecule has 8 heteroatoms. The van der Waals surface area contributed by atoms with E-state index in [9.17, 15) is 14.4 Å². The van der Waals surface area contributed by atoms with Crippen molar-refractivity contribution < 1.29 is 23.9 Å². The zero-order valence-corrected chi connectivity index (χ0v) is 16.5. The smallest absolute Gasteiger partial charge is 0.261 e. The Kier molecular flexibility index (Phi) is 5.25. The Morgan fingerprint density at radius 2 is 2.00 bits per heavy atom. The molecule has 29 heavy (non-hydrogen) atoms. The quantitative estimate of drug-likeness (QED) is 0.758. The molecule has 0 saturated carbocycles. The standard InChI is InChI=1S/C21H19ClN2O5/c1-28-18-7-4-12(22)9-17(18)19(25)23-13-5-6-15-16(10-13)21(27)24(20(15)26)11-14-3-2-8-29-14/h4-7,9-10,14H,2-3,8,11H2,1H3,(H,23,25)/t14-/m1/s1. The lowest BCUT2D eigenvalue weighted by Gasteiger charge is -2.17. The topological polar surface area (TPSA) is 84.9 Å². The van der Waals surface area contributed by atoms with Crippen LogP contribution in [0.4, 0.5) is 5.69 Å². The van der Waals surface area contributed by atoms with Crippen molar-refractivity contribution in [3.05, 3.63) is 58.1 Å². The lowest BCUT2D eigenvalue weighted by Crippen LogP contribution is -2.36. The average molecular weight is 415 g/mol. The van der Waals surface area contributed by atoms with E-state index in [0.717, 1.165) is 12.8 Å². The van der Waals surface area contributed by atoms with E-state index in [2.05, 4.69) is 5.32 Å². The van der Waals surface area contributed by atoms with Gasteiger partial charge in [-0.05, 0) is 49.2 Å². The van der Waals surface area contributed by atoms with Crippen LogP contribution >= 0.6 is 11.6 Å². The predicted octanol–water partition coefficient (Wildman–Crippen LogP) is 3.38. The third-order valence-electron chi connectivity index (χ3n) is 5.04. The van der Waals surface area contributed by atoms with Gasteiger partial charge in [0.05, 0.1) is 36.4 Å². The number of nitrogens with zero attached hydrogens (tertiary/aromatic N) is 1. The Morgan fingerprint density at radius 1 is 1.21 bits per heavy atom. The first kappa shape index (κ1) is 19.4. The maximum Gasteiger partial charge on any atom is 0.261 e.